The molecule has 0 atom stereocenters. The Labute approximate surface area is 120 Å². The lowest BCUT2D eigenvalue weighted by Crippen LogP contribution is -2.29. The number of thiophene rings is 1. The largest absolute Gasteiger partial charge is 0.477 e. The van der Waals surface area contributed by atoms with Crippen LogP contribution in [0.1, 0.15) is 21.0 Å². The molecule has 0 spiro atoms. The quantitative estimate of drug-likeness (QED) is 0.783. The number of carboxylic acid groups (broad SMARTS) is 1. The number of methoxy groups -OCH3 is 1. The first-order valence-corrected chi connectivity index (χ1v) is 7.82. The zero-order valence-corrected chi connectivity index (χ0v) is 12.9. The van der Waals surface area contributed by atoms with Gasteiger partial charge in [-0.05, 0) is 13.0 Å². The van der Waals surface area contributed by atoms with Crippen LogP contribution in [-0.4, -0.2) is 50.5 Å². The normalized spacial score (nSPS) is 11.6. The predicted octanol–water partition coefficient (Wildman–Crippen LogP) is 0.938. The first kappa shape index (κ1) is 16.6. The van der Waals surface area contributed by atoms with E-state index in [0.29, 0.717) is 4.88 Å². The average Bonchev–Trinajstić information content (AvgIpc) is 2.78. The van der Waals surface area contributed by atoms with Crippen LogP contribution in [0.2, 0.25) is 0 Å². The maximum atomic E-state index is 12.3. The topological polar surface area (TPSA) is 101 Å². The van der Waals surface area contributed by atoms with Crippen molar-refractivity contribution in [3.05, 3.63) is 15.8 Å². The monoisotopic (exact) mass is 321 g/mol. The van der Waals surface area contributed by atoms with Gasteiger partial charge in [-0.2, -0.15) is 0 Å². The number of aromatic carboxylic acids is 1. The molecular weight excluding hydrogens is 306 g/mol. The van der Waals surface area contributed by atoms with E-state index in [2.05, 4.69) is 4.74 Å². The van der Waals surface area contributed by atoms with Gasteiger partial charge in [-0.1, -0.05) is 0 Å². The number of carbonyl (C=O) groups is 2. The van der Waals surface area contributed by atoms with Gasteiger partial charge in [0.15, 0.2) is 0 Å². The molecule has 1 N–H and O–H groups in total. The first-order chi connectivity index (χ1) is 9.20. The van der Waals surface area contributed by atoms with Gasteiger partial charge in [0, 0.05) is 18.5 Å². The molecule has 1 aromatic rings. The van der Waals surface area contributed by atoms with Crippen molar-refractivity contribution in [2.45, 2.75) is 18.2 Å². The van der Waals surface area contributed by atoms with E-state index >= 15 is 0 Å². The number of hydrogen-bond acceptors (Lipinski definition) is 6. The maximum Gasteiger partial charge on any atom is 0.345 e. The molecule has 0 aliphatic carbocycles. The van der Waals surface area contributed by atoms with Crippen molar-refractivity contribution in [1.82, 2.24) is 4.31 Å². The number of ether oxygens (including phenoxy) is 1. The van der Waals surface area contributed by atoms with E-state index in [1.165, 1.54) is 21.1 Å². The third kappa shape index (κ3) is 3.56. The summed E-state index contributed by atoms with van der Waals surface area (Å²) in [7, 11) is -1.26. The minimum Gasteiger partial charge on any atom is -0.477 e. The summed E-state index contributed by atoms with van der Waals surface area (Å²) >= 11 is 0.899. The summed E-state index contributed by atoms with van der Waals surface area (Å²) in [6.07, 6.45) is -0.0683. The summed E-state index contributed by atoms with van der Waals surface area (Å²) in [6.45, 7) is 1.50. The molecule has 0 aromatic carbocycles. The summed E-state index contributed by atoms with van der Waals surface area (Å²) in [5, 5.41) is 8.88. The highest BCUT2D eigenvalue weighted by Crippen LogP contribution is 2.27. The molecule has 0 aliphatic heterocycles. The van der Waals surface area contributed by atoms with E-state index < -0.39 is 22.0 Å². The molecule has 0 unspecified atom stereocenters. The summed E-state index contributed by atoms with van der Waals surface area (Å²) in [6, 6.07) is 1.13. The van der Waals surface area contributed by atoms with Crippen LogP contribution in [0.5, 0.6) is 0 Å². The van der Waals surface area contributed by atoms with E-state index in [4.69, 9.17) is 5.11 Å². The molecule has 0 radical (unpaired) electrons. The average molecular weight is 321 g/mol. The molecule has 112 valence electrons. The number of esters is 1. The Morgan fingerprint density at radius 3 is 2.50 bits per heavy atom. The third-order valence-electron chi connectivity index (χ3n) is 2.63. The summed E-state index contributed by atoms with van der Waals surface area (Å²) in [4.78, 5) is 22.2. The molecule has 0 saturated carbocycles. The molecule has 0 aliphatic rings. The zero-order chi connectivity index (χ0) is 15.5. The SMILES string of the molecule is COC(=O)CCN(C)S(=O)(=O)c1cc(C(=O)O)sc1C. The lowest BCUT2D eigenvalue weighted by Gasteiger charge is -2.16. The maximum absolute atomic E-state index is 12.3. The Hall–Kier alpha value is -1.45. The van der Waals surface area contributed by atoms with Gasteiger partial charge in [-0.15, -0.1) is 11.3 Å². The highest BCUT2D eigenvalue weighted by molar-refractivity contribution is 7.89. The fourth-order valence-corrected chi connectivity index (χ4v) is 4.03. The van der Waals surface area contributed by atoms with Crippen LogP contribution < -0.4 is 0 Å². The van der Waals surface area contributed by atoms with Crippen molar-refractivity contribution < 1.29 is 27.9 Å². The van der Waals surface area contributed by atoms with Crippen molar-refractivity contribution >= 4 is 33.3 Å². The Morgan fingerprint density at radius 2 is 2.05 bits per heavy atom. The molecule has 1 heterocycles. The molecule has 1 aromatic heterocycles. The lowest BCUT2D eigenvalue weighted by atomic mass is 10.4. The van der Waals surface area contributed by atoms with E-state index in [9.17, 15) is 18.0 Å². The van der Waals surface area contributed by atoms with Crippen LogP contribution in [-0.2, 0) is 19.6 Å². The highest BCUT2D eigenvalue weighted by atomic mass is 32.2. The van der Waals surface area contributed by atoms with Gasteiger partial charge in [-0.3, -0.25) is 4.79 Å². The van der Waals surface area contributed by atoms with Crippen molar-refractivity contribution in [3.8, 4) is 0 Å². The van der Waals surface area contributed by atoms with E-state index in [-0.39, 0.29) is 22.7 Å². The highest BCUT2D eigenvalue weighted by Gasteiger charge is 2.26. The van der Waals surface area contributed by atoms with E-state index in [0.717, 1.165) is 21.7 Å². The molecule has 0 fully saturated rings. The van der Waals surface area contributed by atoms with Crippen molar-refractivity contribution in [1.29, 1.82) is 0 Å². The van der Waals surface area contributed by atoms with Crippen LogP contribution in [0.25, 0.3) is 0 Å². The second kappa shape index (κ2) is 6.33. The summed E-state index contributed by atoms with van der Waals surface area (Å²) in [5.74, 6) is -1.68. The van der Waals surface area contributed by atoms with Gasteiger partial charge >= 0.3 is 11.9 Å². The Kier molecular flexibility index (Phi) is 5.26. The fourth-order valence-electron chi connectivity index (χ4n) is 1.47. The van der Waals surface area contributed by atoms with E-state index in [1.54, 1.807) is 0 Å². The van der Waals surface area contributed by atoms with Gasteiger partial charge in [0.2, 0.25) is 10.0 Å². The number of carbonyl (C=O) groups excluding carboxylic acids is 1. The van der Waals surface area contributed by atoms with Crippen molar-refractivity contribution in [3.63, 3.8) is 0 Å². The van der Waals surface area contributed by atoms with Crippen LogP contribution >= 0.6 is 11.3 Å². The molecule has 0 bridgehead atoms. The van der Waals surface area contributed by atoms with Crippen LogP contribution in [0.4, 0.5) is 0 Å². The van der Waals surface area contributed by atoms with E-state index in [1.807, 2.05) is 0 Å². The van der Waals surface area contributed by atoms with Crippen LogP contribution in [0.15, 0.2) is 11.0 Å². The summed E-state index contributed by atoms with van der Waals surface area (Å²) in [5.41, 5.74) is 0. The number of carboxylic acids is 1. The number of rotatable bonds is 6. The molecule has 7 nitrogen and oxygen atoms in total. The van der Waals surface area contributed by atoms with Crippen molar-refractivity contribution in [2.24, 2.45) is 0 Å². The second-order valence-electron chi connectivity index (χ2n) is 3.99. The van der Waals surface area contributed by atoms with Gasteiger partial charge in [0.05, 0.1) is 18.4 Å². The zero-order valence-electron chi connectivity index (χ0n) is 11.2. The fraction of sp³-hybridized carbons (Fsp3) is 0.455. The van der Waals surface area contributed by atoms with Crippen LogP contribution in [0.3, 0.4) is 0 Å². The summed E-state index contributed by atoms with van der Waals surface area (Å²) < 4.78 is 30.0. The molecule has 1 rings (SSSR count). The third-order valence-corrected chi connectivity index (χ3v) is 5.78. The van der Waals surface area contributed by atoms with Crippen molar-refractivity contribution in [2.75, 3.05) is 20.7 Å². The van der Waals surface area contributed by atoms with Gasteiger partial charge in [0.25, 0.3) is 0 Å². The number of nitrogens with zero attached hydrogens (tertiary/aromatic N) is 1. The van der Waals surface area contributed by atoms with Gasteiger partial charge in [-0.25, -0.2) is 17.5 Å². The molecule has 20 heavy (non-hydrogen) atoms. The van der Waals surface area contributed by atoms with Crippen LogP contribution in [0, 0.1) is 6.92 Å². The van der Waals surface area contributed by atoms with Gasteiger partial charge in [0.1, 0.15) is 4.88 Å². The molecular formula is C11H15NO6S2. The molecule has 9 heteroatoms. The van der Waals surface area contributed by atoms with Gasteiger partial charge < -0.3 is 9.84 Å². The number of sulfonamides is 1. The minimum absolute atomic E-state index is 0.0350. The number of aryl methyl sites for hydroxylation is 1. The molecule has 0 saturated heterocycles. The second-order valence-corrected chi connectivity index (χ2v) is 7.26. The Balaban J connectivity index is 2.98. The Morgan fingerprint density at radius 1 is 1.45 bits per heavy atom. The smallest absolute Gasteiger partial charge is 0.345 e. The first-order valence-electron chi connectivity index (χ1n) is 5.57. The predicted molar refractivity (Wildman–Crippen MR) is 72.5 cm³/mol. The Bertz CT molecular complexity index is 619. The molecule has 0 amide bonds. The number of hydrogen-bond donors (Lipinski definition) is 1. The minimum atomic E-state index is -3.81. The standard InChI is InChI=1S/C11H15NO6S2/c1-7-9(6-8(19-7)11(14)15)20(16,17)12(2)5-4-10(13)18-3/h6H,4-5H2,1-3H3,(H,14,15). The lowest BCUT2D eigenvalue weighted by molar-refractivity contribution is -0.140.